The second-order valence-electron chi connectivity index (χ2n) is 5.00. The minimum atomic E-state index is -0.765. The van der Waals surface area contributed by atoms with Gasteiger partial charge in [0.2, 0.25) is 0 Å². The van der Waals surface area contributed by atoms with E-state index in [1.807, 2.05) is 0 Å². The van der Waals surface area contributed by atoms with E-state index in [-0.39, 0.29) is 12.2 Å². The number of carbonyl (C=O) groups is 1. The number of aliphatic carboxylic acids is 1. The van der Waals surface area contributed by atoms with E-state index in [9.17, 15) is 9.18 Å². The first-order valence-corrected chi connectivity index (χ1v) is 7.03. The highest BCUT2D eigenvalue weighted by atomic mass is 35.5. The van der Waals surface area contributed by atoms with Crippen LogP contribution in [0.5, 0.6) is 0 Å². The maximum Gasteiger partial charge on any atom is 0.304 e. The van der Waals surface area contributed by atoms with Crippen molar-refractivity contribution in [1.29, 1.82) is 0 Å². The normalized spacial score (nSPS) is 17.3. The van der Waals surface area contributed by atoms with E-state index in [1.54, 1.807) is 6.07 Å². The van der Waals surface area contributed by atoms with Crippen LogP contribution in [0.25, 0.3) is 0 Å². The molecule has 0 atom stereocenters. The number of rotatable bonds is 5. The molecule has 1 aliphatic heterocycles. The van der Waals surface area contributed by atoms with Crippen LogP contribution in [0.1, 0.15) is 12.0 Å². The summed E-state index contributed by atoms with van der Waals surface area (Å²) in [6, 6.07) is 4.41. The summed E-state index contributed by atoms with van der Waals surface area (Å²) in [6.45, 7) is 4.56. The van der Waals surface area contributed by atoms with Crippen molar-refractivity contribution in [2.24, 2.45) is 0 Å². The van der Waals surface area contributed by atoms with Crippen LogP contribution in [0, 0.1) is 5.82 Å². The third kappa shape index (κ3) is 4.44. The zero-order valence-electron chi connectivity index (χ0n) is 11.2. The average molecular weight is 301 g/mol. The molecule has 0 amide bonds. The molecule has 0 bridgehead atoms. The summed E-state index contributed by atoms with van der Waals surface area (Å²) in [4.78, 5) is 14.9. The highest BCUT2D eigenvalue weighted by molar-refractivity contribution is 6.31. The molecule has 4 nitrogen and oxygen atoms in total. The second kappa shape index (κ2) is 7.02. The molecule has 1 aliphatic rings. The molecule has 0 radical (unpaired) electrons. The van der Waals surface area contributed by atoms with Crippen LogP contribution in [-0.4, -0.2) is 53.6 Å². The SMILES string of the molecule is O=C(O)CCN1CCN(Cc2cc(F)ccc2Cl)CC1. The third-order valence-electron chi connectivity index (χ3n) is 3.51. The van der Waals surface area contributed by atoms with E-state index in [4.69, 9.17) is 16.7 Å². The fraction of sp³-hybridized carbons (Fsp3) is 0.500. The van der Waals surface area contributed by atoms with Gasteiger partial charge in [-0.05, 0) is 23.8 Å². The maximum atomic E-state index is 13.2. The molecule has 1 aromatic carbocycles. The Bertz CT molecular complexity index is 476. The Hall–Kier alpha value is -1.17. The zero-order valence-corrected chi connectivity index (χ0v) is 11.9. The quantitative estimate of drug-likeness (QED) is 0.904. The third-order valence-corrected chi connectivity index (χ3v) is 3.88. The average Bonchev–Trinajstić information content (AvgIpc) is 2.42. The van der Waals surface area contributed by atoms with Gasteiger partial charge in [-0.25, -0.2) is 4.39 Å². The van der Waals surface area contributed by atoms with Gasteiger partial charge in [0.25, 0.3) is 0 Å². The predicted octanol–water partition coefficient (Wildman–Crippen LogP) is 2.07. The van der Waals surface area contributed by atoms with Crippen LogP contribution in [0.4, 0.5) is 4.39 Å². The van der Waals surface area contributed by atoms with E-state index in [1.165, 1.54) is 12.1 Å². The minimum Gasteiger partial charge on any atom is -0.481 e. The number of hydrogen-bond acceptors (Lipinski definition) is 3. The highest BCUT2D eigenvalue weighted by Crippen LogP contribution is 2.19. The molecule has 2 rings (SSSR count). The Kier molecular flexibility index (Phi) is 5.34. The summed E-state index contributed by atoms with van der Waals surface area (Å²) < 4.78 is 13.2. The smallest absolute Gasteiger partial charge is 0.304 e. The largest absolute Gasteiger partial charge is 0.481 e. The first-order valence-electron chi connectivity index (χ1n) is 6.65. The Morgan fingerprint density at radius 3 is 2.55 bits per heavy atom. The lowest BCUT2D eigenvalue weighted by Crippen LogP contribution is -2.46. The van der Waals surface area contributed by atoms with Crippen LogP contribution in [0.15, 0.2) is 18.2 Å². The number of halogens is 2. The number of carboxylic acid groups (broad SMARTS) is 1. The molecule has 1 heterocycles. The Morgan fingerprint density at radius 1 is 1.25 bits per heavy atom. The van der Waals surface area contributed by atoms with Gasteiger partial charge in [-0.1, -0.05) is 11.6 Å². The molecule has 1 fully saturated rings. The van der Waals surface area contributed by atoms with E-state index >= 15 is 0 Å². The van der Waals surface area contributed by atoms with E-state index in [0.717, 1.165) is 31.7 Å². The standard InChI is InChI=1S/C14H18ClFN2O2/c15-13-2-1-12(16)9-11(13)10-18-7-5-17(6-8-18)4-3-14(19)20/h1-2,9H,3-8,10H2,(H,19,20). The highest BCUT2D eigenvalue weighted by Gasteiger charge is 2.18. The number of piperazine rings is 1. The van der Waals surface area contributed by atoms with Crippen molar-refractivity contribution in [3.8, 4) is 0 Å². The van der Waals surface area contributed by atoms with Crippen LogP contribution in [-0.2, 0) is 11.3 Å². The summed E-state index contributed by atoms with van der Waals surface area (Å²) in [5.41, 5.74) is 0.797. The number of nitrogens with zero attached hydrogens (tertiary/aromatic N) is 2. The molecule has 0 aromatic heterocycles. The van der Waals surface area contributed by atoms with Crippen molar-refractivity contribution >= 4 is 17.6 Å². The Morgan fingerprint density at radius 2 is 1.90 bits per heavy atom. The minimum absolute atomic E-state index is 0.176. The predicted molar refractivity (Wildman–Crippen MR) is 75.4 cm³/mol. The fourth-order valence-electron chi connectivity index (χ4n) is 2.33. The molecule has 1 saturated heterocycles. The lowest BCUT2D eigenvalue weighted by molar-refractivity contribution is -0.137. The van der Waals surface area contributed by atoms with Crippen molar-refractivity contribution in [2.75, 3.05) is 32.7 Å². The van der Waals surface area contributed by atoms with Crippen LogP contribution in [0.2, 0.25) is 5.02 Å². The first-order chi connectivity index (χ1) is 9.54. The van der Waals surface area contributed by atoms with E-state index < -0.39 is 5.97 Å². The lowest BCUT2D eigenvalue weighted by Gasteiger charge is -2.34. The van der Waals surface area contributed by atoms with Gasteiger partial charge in [0.1, 0.15) is 5.82 Å². The van der Waals surface area contributed by atoms with E-state index in [2.05, 4.69) is 9.80 Å². The van der Waals surface area contributed by atoms with Crippen molar-refractivity contribution < 1.29 is 14.3 Å². The van der Waals surface area contributed by atoms with Gasteiger partial charge in [-0.2, -0.15) is 0 Å². The molecule has 1 N–H and O–H groups in total. The number of hydrogen-bond donors (Lipinski definition) is 1. The van der Waals surface area contributed by atoms with Crippen molar-refractivity contribution in [1.82, 2.24) is 9.80 Å². The van der Waals surface area contributed by atoms with Gasteiger partial charge >= 0.3 is 5.97 Å². The van der Waals surface area contributed by atoms with Gasteiger partial charge in [0.05, 0.1) is 6.42 Å². The fourth-order valence-corrected chi connectivity index (χ4v) is 2.51. The molecule has 0 spiro atoms. The van der Waals surface area contributed by atoms with Gasteiger partial charge in [0.15, 0.2) is 0 Å². The van der Waals surface area contributed by atoms with E-state index in [0.29, 0.717) is 18.1 Å². The monoisotopic (exact) mass is 300 g/mol. The van der Waals surface area contributed by atoms with Crippen LogP contribution >= 0.6 is 11.6 Å². The summed E-state index contributed by atoms with van der Waals surface area (Å²) in [6.07, 6.45) is 0.176. The van der Waals surface area contributed by atoms with Crippen LogP contribution in [0.3, 0.4) is 0 Å². The lowest BCUT2D eigenvalue weighted by atomic mass is 10.2. The molecule has 0 saturated carbocycles. The summed E-state index contributed by atoms with van der Waals surface area (Å²) in [5, 5.41) is 9.24. The summed E-state index contributed by atoms with van der Waals surface area (Å²) in [5.74, 6) is -1.04. The topological polar surface area (TPSA) is 43.8 Å². The van der Waals surface area contributed by atoms with Gasteiger partial charge < -0.3 is 10.0 Å². The van der Waals surface area contributed by atoms with Gasteiger partial charge in [0, 0.05) is 44.3 Å². The molecular weight excluding hydrogens is 283 g/mol. The molecule has 0 aliphatic carbocycles. The molecular formula is C14H18ClFN2O2. The second-order valence-corrected chi connectivity index (χ2v) is 5.40. The van der Waals surface area contributed by atoms with Gasteiger partial charge in [-0.15, -0.1) is 0 Å². The maximum absolute atomic E-state index is 13.2. The van der Waals surface area contributed by atoms with Crippen molar-refractivity contribution in [2.45, 2.75) is 13.0 Å². The molecule has 0 unspecified atom stereocenters. The van der Waals surface area contributed by atoms with Crippen molar-refractivity contribution in [3.05, 3.63) is 34.6 Å². The number of benzene rings is 1. The summed E-state index contributed by atoms with van der Waals surface area (Å²) in [7, 11) is 0. The van der Waals surface area contributed by atoms with Gasteiger partial charge in [-0.3, -0.25) is 9.69 Å². The molecule has 6 heteroatoms. The first kappa shape index (κ1) is 15.2. The molecule has 1 aromatic rings. The van der Waals surface area contributed by atoms with Crippen LogP contribution < -0.4 is 0 Å². The summed E-state index contributed by atoms with van der Waals surface area (Å²) >= 11 is 6.06. The Balaban J connectivity index is 1.82. The molecule has 110 valence electrons. The van der Waals surface area contributed by atoms with Crippen molar-refractivity contribution in [3.63, 3.8) is 0 Å². The Labute approximate surface area is 122 Å². The molecule has 20 heavy (non-hydrogen) atoms. The zero-order chi connectivity index (χ0) is 14.5. The number of carboxylic acids is 1.